The van der Waals surface area contributed by atoms with Crippen molar-refractivity contribution in [2.75, 3.05) is 20.1 Å². The second-order valence-corrected chi connectivity index (χ2v) is 6.10. The van der Waals surface area contributed by atoms with E-state index in [1.165, 1.54) is 11.0 Å². The van der Waals surface area contributed by atoms with Gasteiger partial charge in [0.2, 0.25) is 6.41 Å². The first-order valence-electron chi connectivity index (χ1n) is 8.32. The predicted molar refractivity (Wildman–Crippen MR) is 97.9 cm³/mol. The number of carbonyl (C=O) groups excluding carboxylic acids is 2. The van der Waals surface area contributed by atoms with Crippen molar-refractivity contribution in [2.45, 2.75) is 26.3 Å². The molecule has 6 heteroatoms. The van der Waals surface area contributed by atoms with E-state index in [-0.39, 0.29) is 11.7 Å². The fourth-order valence-electron chi connectivity index (χ4n) is 2.74. The summed E-state index contributed by atoms with van der Waals surface area (Å²) < 4.78 is 2.10. The van der Waals surface area contributed by atoms with Crippen LogP contribution in [0.2, 0.25) is 0 Å². The Morgan fingerprint density at radius 1 is 1.40 bits per heavy atom. The van der Waals surface area contributed by atoms with Crippen molar-refractivity contribution in [3.05, 3.63) is 46.4 Å². The van der Waals surface area contributed by atoms with Gasteiger partial charge in [-0.1, -0.05) is 20.1 Å². The maximum absolute atomic E-state index is 12.1. The third-order valence-electron chi connectivity index (χ3n) is 4.48. The first-order chi connectivity index (χ1) is 11.9. The lowest BCUT2D eigenvalue weighted by Gasteiger charge is -2.15. The summed E-state index contributed by atoms with van der Waals surface area (Å²) in [7, 11) is 1.62. The van der Waals surface area contributed by atoms with Crippen molar-refractivity contribution in [3.63, 3.8) is 0 Å². The summed E-state index contributed by atoms with van der Waals surface area (Å²) in [6, 6.07) is 2.03. The number of aliphatic hydroxyl groups is 1. The molecule has 0 spiro atoms. The van der Waals surface area contributed by atoms with Crippen LogP contribution in [-0.4, -0.2) is 51.9 Å². The van der Waals surface area contributed by atoms with Gasteiger partial charge in [0.25, 0.3) is 5.91 Å². The summed E-state index contributed by atoms with van der Waals surface area (Å²) in [5.41, 5.74) is 1.64. The largest absolute Gasteiger partial charge is 0.512 e. The SMILES string of the molecule is C=C(/C=c1/cc2n(c1=C)CCN(C=O)CC2)N(C)C(=O)/C=C(/O)CC. The molecule has 2 heterocycles. The Labute approximate surface area is 147 Å². The molecule has 0 saturated carbocycles. The zero-order chi connectivity index (χ0) is 18.6. The molecule has 0 fully saturated rings. The van der Waals surface area contributed by atoms with Gasteiger partial charge in [0.05, 0.1) is 5.76 Å². The van der Waals surface area contributed by atoms with E-state index in [0.717, 1.165) is 29.1 Å². The van der Waals surface area contributed by atoms with Gasteiger partial charge in [-0.2, -0.15) is 0 Å². The first-order valence-corrected chi connectivity index (χ1v) is 8.32. The highest BCUT2D eigenvalue weighted by atomic mass is 16.3. The van der Waals surface area contributed by atoms with E-state index >= 15 is 0 Å². The highest BCUT2D eigenvalue weighted by Crippen LogP contribution is 2.06. The number of rotatable bonds is 5. The van der Waals surface area contributed by atoms with Crippen molar-refractivity contribution in [3.8, 4) is 0 Å². The minimum Gasteiger partial charge on any atom is -0.512 e. The van der Waals surface area contributed by atoms with Crippen LogP contribution in [0.15, 0.2) is 30.2 Å². The minimum atomic E-state index is -0.325. The number of nitrogens with zero attached hydrogens (tertiary/aromatic N) is 3. The monoisotopic (exact) mass is 343 g/mol. The number of carbonyl (C=O) groups is 2. The first kappa shape index (κ1) is 18.6. The number of allylic oxidation sites excluding steroid dienone is 2. The zero-order valence-corrected chi connectivity index (χ0v) is 14.9. The van der Waals surface area contributed by atoms with Gasteiger partial charge in [0, 0.05) is 67.6 Å². The minimum absolute atomic E-state index is 0.0396. The molecule has 0 radical (unpaired) electrons. The Morgan fingerprint density at radius 2 is 2.12 bits per heavy atom. The molecule has 1 aliphatic heterocycles. The topological polar surface area (TPSA) is 65.8 Å². The Morgan fingerprint density at radius 3 is 2.76 bits per heavy atom. The molecule has 1 aliphatic rings. The predicted octanol–water partition coefficient (Wildman–Crippen LogP) is 0.517. The van der Waals surface area contributed by atoms with Crippen molar-refractivity contribution < 1.29 is 14.7 Å². The number of aliphatic hydroxyl groups excluding tert-OH is 1. The maximum Gasteiger partial charge on any atom is 0.254 e. The van der Waals surface area contributed by atoms with Crippen LogP contribution in [0.25, 0.3) is 12.7 Å². The highest BCUT2D eigenvalue weighted by Gasteiger charge is 2.14. The van der Waals surface area contributed by atoms with E-state index in [9.17, 15) is 14.7 Å². The molecule has 2 amide bonds. The van der Waals surface area contributed by atoms with Crippen molar-refractivity contribution in [1.29, 1.82) is 0 Å². The number of hydrogen-bond acceptors (Lipinski definition) is 3. The van der Waals surface area contributed by atoms with Gasteiger partial charge in [0.1, 0.15) is 0 Å². The average Bonchev–Trinajstić information content (AvgIpc) is 2.77. The van der Waals surface area contributed by atoms with Crippen LogP contribution in [-0.2, 0) is 22.6 Å². The van der Waals surface area contributed by atoms with E-state index in [4.69, 9.17) is 0 Å². The number of aromatic nitrogens is 1. The Kier molecular flexibility index (Phi) is 5.85. The quantitative estimate of drug-likeness (QED) is 0.481. The molecule has 2 rings (SSSR count). The third kappa shape index (κ3) is 4.21. The fourth-order valence-corrected chi connectivity index (χ4v) is 2.74. The Bertz CT molecular complexity index is 820. The van der Waals surface area contributed by atoms with Crippen molar-refractivity contribution in [1.82, 2.24) is 14.4 Å². The van der Waals surface area contributed by atoms with Crippen LogP contribution in [0.4, 0.5) is 0 Å². The summed E-state index contributed by atoms with van der Waals surface area (Å²) in [6.07, 6.45) is 5.07. The van der Waals surface area contributed by atoms with Crippen LogP contribution < -0.4 is 10.6 Å². The lowest BCUT2D eigenvalue weighted by molar-refractivity contribution is -0.123. The van der Waals surface area contributed by atoms with Crippen LogP contribution in [0, 0.1) is 0 Å². The number of amides is 2. The smallest absolute Gasteiger partial charge is 0.254 e. The summed E-state index contributed by atoms with van der Waals surface area (Å²) in [4.78, 5) is 26.2. The molecule has 134 valence electrons. The molecule has 6 nitrogen and oxygen atoms in total. The van der Waals surface area contributed by atoms with E-state index in [1.807, 2.05) is 12.1 Å². The van der Waals surface area contributed by atoms with E-state index in [0.29, 0.717) is 31.8 Å². The molecule has 0 unspecified atom stereocenters. The summed E-state index contributed by atoms with van der Waals surface area (Å²) in [6.45, 7) is 11.9. The molecule has 1 aromatic heterocycles. The average molecular weight is 343 g/mol. The molecular weight excluding hydrogens is 318 g/mol. The van der Waals surface area contributed by atoms with Crippen LogP contribution in [0.1, 0.15) is 19.0 Å². The molecule has 0 bridgehead atoms. The molecule has 0 aliphatic carbocycles. The summed E-state index contributed by atoms with van der Waals surface area (Å²) in [5, 5.41) is 11.3. The van der Waals surface area contributed by atoms with Gasteiger partial charge in [-0.25, -0.2) is 0 Å². The molecule has 0 saturated heterocycles. The Hall–Kier alpha value is -2.76. The molecule has 1 aromatic rings. The molecule has 1 N–H and O–H groups in total. The molecule has 0 aromatic carbocycles. The lowest BCUT2D eigenvalue weighted by atomic mass is 10.2. The van der Waals surface area contributed by atoms with Crippen molar-refractivity contribution in [2.24, 2.45) is 0 Å². The fraction of sp³-hybridized carbons (Fsp3) is 0.368. The van der Waals surface area contributed by atoms with Gasteiger partial charge >= 0.3 is 0 Å². The molecule has 25 heavy (non-hydrogen) atoms. The number of hydrogen-bond donors (Lipinski definition) is 1. The number of fused-ring (bicyclic) bond motifs is 1. The van der Waals surface area contributed by atoms with Gasteiger partial charge < -0.3 is 19.5 Å². The lowest BCUT2D eigenvalue weighted by Crippen LogP contribution is -2.32. The third-order valence-corrected chi connectivity index (χ3v) is 4.48. The maximum atomic E-state index is 12.1. The van der Waals surface area contributed by atoms with Gasteiger partial charge in [0.15, 0.2) is 0 Å². The van der Waals surface area contributed by atoms with Crippen LogP contribution >= 0.6 is 0 Å². The standard InChI is InChI=1S/C19H25N3O3/c1-5-18(24)12-19(25)20(4)14(2)10-16-11-17-6-7-21(13-23)8-9-22(17)15(16)3/h10-13,24H,2-3,5-9H2,1,4H3/b16-10-,18-12+. The van der Waals surface area contributed by atoms with Gasteiger partial charge in [-0.05, 0) is 12.1 Å². The van der Waals surface area contributed by atoms with Crippen LogP contribution in [0.5, 0.6) is 0 Å². The second kappa shape index (κ2) is 7.88. The second-order valence-electron chi connectivity index (χ2n) is 6.10. The highest BCUT2D eigenvalue weighted by molar-refractivity contribution is 5.90. The number of likely N-dealkylation sites (N-methyl/N-ethyl adjacent to an activating group) is 1. The van der Waals surface area contributed by atoms with E-state index in [1.54, 1.807) is 18.9 Å². The molecular formula is C19H25N3O3. The van der Waals surface area contributed by atoms with Gasteiger partial charge in [-0.3, -0.25) is 9.59 Å². The van der Waals surface area contributed by atoms with Crippen LogP contribution in [0.3, 0.4) is 0 Å². The summed E-state index contributed by atoms with van der Waals surface area (Å²) >= 11 is 0. The van der Waals surface area contributed by atoms with E-state index in [2.05, 4.69) is 17.7 Å². The Balaban J connectivity index is 2.25. The molecule has 0 atom stereocenters. The normalized spacial score (nSPS) is 15.5. The van der Waals surface area contributed by atoms with Crippen molar-refractivity contribution >= 4 is 25.0 Å². The van der Waals surface area contributed by atoms with E-state index < -0.39 is 0 Å². The zero-order valence-electron chi connectivity index (χ0n) is 14.9. The van der Waals surface area contributed by atoms with Gasteiger partial charge in [-0.15, -0.1) is 0 Å². The summed E-state index contributed by atoms with van der Waals surface area (Å²) in [5.74, 6) is -0.286.